The van der Waals surface area contributed by atoms with Crippen molar-refractivity contribution in [3.05, 3.63) is 30.1 Å². The van der Waals surface area contributed by atoms with E-state index in [1.165, 1.54) is 22.5 Å². The molecule has 0 bridgehead atoms. The largest absolute Gasteiger partial charge is 0.383 e. The van der Waals surface area contributed by atoms with E-state index in [-0.39, 0.29) is 23.9 Å². The van der Waals surface area contributed by atoms with E-state index >= 15 is 0 Å². The number of nitrogens with zero attached hydrogens (tertiary/aromatic N) is 2. The molecule has 1 aromatic carbocycles. The molecule has 2 aliphatic rings. The number of hydrogen-bond donors (Lipinski definition) is 0. The maximum absolute atomic E-state index is 14.0. The molecular formula is C17H23FN2O4S. The fourth-order valence-corrected chi connectivity index (χ4v) is 5.37. The lowest BCUT2D eigenvalue weighted by Crippen LogP contribution is -2.51. The van der Waals surface area contributed by atoms with Crippen LogP contribution in [0, 0.1) is 11.2 Å². The Labute approximate surface area is 147 Å². The number of sulfonamides is 1. The minimum atomic E-state index is -3.94. The maximum atomic E-state index is 14.0. The average molecular weight is 370 g/mol. The summed E-state index contributed by atoms with van der Waals surface area (Å²) in [6, 6.07) is 5.36. The number of carbonyl (C=O) groups excluding carboxylic acids is 1. The smallest absolute Gasteiger partial charge is 0.246 e. The molecule has 0 N–H and O–H groups in total. The van der Waals surface area contributed by atoms with Gasteiger partial charge in [0.1, 0.15) is 10.7 Å². The first-order valence-corrected chi connectivity index (χ1v) is 9.88. The molecule has 0 aliphatic carbocycles. The summed E-state index contributed by atoms with van der Waals surface area (Å²) in [5.74, 6) is -0.776. The summed E-state index contributed by atoms with van der Waals surface area (Å²) in [7, 11) is -2.35. The second kappa shape index (κ2) is 7.01. The SMILES string of the molecule is COCCN1CCC[C@@]2(CCN(S(=O)(=O)c3ccccc3F)C2)C1=O. The van der Waals surface area contributed by atoms with Gasteiger partial charge >= 0.3 is 0 Å². The first-order chi connectivity index (χ1) is 11.9. The molecule has 0 unspecified atom stereocenters. The number of methoxy groups -OCH3 is 1. The third-order valence-corrected chi connectivity index (χ3v) is 7.04. The van der Waals surface area contributed by atoms with Gasteiger partial charge in [-0.1, -0.05) is 12.1 Å². The van der Waals surface area contributed by atoms with E-state index in [1.54, 1.807) is 12.0 Å². The summed E-state index contributed by atoms with van der Waals surface area (Å²) in [4.78, 5) is 14.3. The van der Waals surface area contributed by atoms with Crippen LogP contribution in [0.5, 0.6) is 0 Å². The monoisotopic (exact) mass is 370 g/mol. The summed E-state index contributed by atoms with van der Waals surface area (Å²) in [5, 5.41) is 0. The molecule has 3 rings (SSSR count). The molecule has 25 heavy (non-hydrogen) atoms. The van der Waals surface area contributed by atoms with Crippen LogP contribution in [0.3, 0.4) is 0 Å². The Bertz CT molecular complexity index is 755. The van der Waals surface area contributed by atoms with Crippen molar-refractivity contribution in [1.82, 2.24) is 9.21 Å². The van der Waals surface area contributed by atoms with Crippen LogP contribution >= 0.6 is 0 Å². The molecule has 8 heteroatoms. The van der Waals surface area contributed by atoms with Gasteiger partial charge in [0.25, 0.3) is 0 Å². The lowest BCUT2D eigenvalue weighted by Gasteiger charge is -2.39. The van der Waals surface area contributed by atoms with E-state index in [1.807, 2.05) is 0 Å². The molecule has 1 spiro atoms. The summed E-state index contributed by atoms with van der Waals surface area (Å²) in [5.41, 5.74) is -0.690. The molecule has 2 fully saturated rings. The van der Waals surface area contributed by atoms with Crippen LogP contribution in [0.25, 0.3) is 0 Å². The zero-order valence-corrected chi connectivity index (χ0v) is 15.1. The Morgan fingerprint density at radius 1 is 1.24 bits per heavy atom. The Kier molecular flexibility index (Phi) is 5.13. The standard InChI is InChI=1S/C17H23FN2O4S/c1-24-12-11-19-9-4-7-17(16(19)21)8-10-20(13-17)25(22,23)15-6-3-2-5-14(15)18/h2-3,5-6H,4,7-13H2,1H3/t17-/m0/s1. The first-order valence-electron chi connectivity index (χ1n) is 8.44. The van der Waals surface area contributed by atoms with Crippen LogP contribution in [0.15, 0.2) is 29.2 Å². The Morgan fingerprint density at radius 3 is 2.72 bits per heavy atom. The third-order valence-electron chi connectivity index (χ3n) is 5.16. The van der Waals surface area contributed by atoms with E-state index in [2.05, 4.69) is 0 Å². The molecule has 2 aliphatic heterocycles. The topological polar surface area (TPSA) is 66.9 Å². The second-order valence-corrected chi connectivity index (χ2v) is 8.59. The summed E-state index contributed by atoms with van der Waals surface area (Å²) in [6.07, 6.45) is 1.98. The molecule has 2 heterocycles. The number of ether oxygens (including phenoxy) is 1. The van der Waals surface area contributed by atoms with Gasteiger partial charge in [0.15, 0.2) is 0 Å². The molecule has 1 atom stereocenters. The summed E-state index contributed by atoms with van der Waals surface area (Å²) in [6.45, 7) is 1.99. The number of piperidine rings is 1. The predicted octanol–water partition coefficient (Wildman–Crippen LogP) is 1.48. The molecule has 0 saturated carbocycles. The first kappa shape index (κ1) is 18.3. The van der Waals surface area contributed by atoms with Crippen molar-refractivity contribution in [3.8, 4) is 0 Å². The molecule has 0 aromatic heterocycles. The normalized spacial score (nSPS) is 25.0. The van der Waals surface area contributed by atoms with Gasteiger partial charge in [-0.3, -0.25) is 4.79 Å². The molecule has 1 amide bonds. The summed E-state index contributed by atoms with van der Waals surface area (Å²) < 4.78 is 45.8. The Morgan fingerprint density at radius 2 is 2.00 bits per heavy atom. The van der Waals surface area contributed by atoms with Crippen molar-refractivity contribution in [2.24, 2.45) is 5.41 Å². The fraction of sp³-hybridized carbons (Fsp3) is 0.588. The molecule has 138 valence electrons. The van der Waals surface area contributed by atoms with Gasteiger partial charge in [-0.25, -0.2) is 12.8 Å². The van der Waals surface area contributed by atoms with E-state index in [0.29, 0.717) is 32.5 Å². The van der Waals surface area contributed by atoms with E-state index in [4.69, 9.17) is 4.74 Å². The van der Waals surface area contributed by atoms with Gasteiger partial charge in [0.05, 0.1) is 12.0 Å². The third kappa shape index (κ3) is 3.30. The zero-order valence-electron chi connectivity index (χ0n) is 14.3. The number of carbonyl (C=O) groups is 1. The van der Waals surface area contributed by atoms with Crippen molar-refractivity contribution in [2.45, 2.75) is 24.2 Å². The van der Waals surface area contributed by atoms with Crippen LogP contribution in [-0.2, 0) is 19.6 Å². The minimum Gasteiger partial charge on any atom is -0.383 e. The van der Waals surface area contributed by atoms with Crippen molar-refractivity contribution in [1.29, 1.82) is 0 Å². The van der Waals surface area contributed by atoms with E-state index in [0.717, 1.165) is 12.5 Å². The van der Waals surface area contributed by atoms with Crippen LogP contribution in [0.1, 0.15) is 19.3 Å². The highest BCUT2D eigenvalue weighted by atomic mass is 32.2. The van der Waals surface area contributed by atoms with Gasteiger partial charge < -0.3 is 9.64 Å². The van der Waals surface area contributed by atoms with E-state index in [9.17, 15) is 17.6 Å². The predicted molar refractivity (Wildman–Crippen MR) is 89.9 cm³/mol. The minimum absolute atomic E-state index is 0.0120. The lowest BCUT2D eigenvalue weighted by molar-refractivity contribution is -0.146. The highest BCUT2D eigenvalue weighted by Crippen LogP contribution is 2.42. The molecule has 6 nitrogen and oxygen atoms in total. The van der Waals surface area contributed by atoms with Gasteiger partial charge in [0.2, 0.25) is 15.9 Å². The van der Waals surface area contributed by atoms with Crippen LogP contribution < -0.4 is 0 Å². The lowest BCUT2D eigenvalue weighted by atomic mass is 9.78. The highest BCUT2D eigenvalue weighted by molar-refractivity contribution is 7.89. The van der Waals surface area contributed by atoms with Gasteiger partial charge in [0, 0.05) is 33.3 Å². The number of amides is 1. The van der Waals surface area contributed by atoms with Crippen LogP contribution in [0.4, 0.5) is 4.39 Å². The van der Waals surface area contributed by atoms with Gasteiger partial charge in [-0.2, -0.15) is 4.31 Å². The van der Waals surface area contributed by atoms with Crippen molar-refractivity contribution < 1.29 is 22.3 Å². The summed E-state index contributed by atoms with van der Waals surface area (Å²) >= 11 is 0. The quantitative estimate of drug-likeness (QED) is 0.787. The molecule has 2 saturated heterocycles. The van der Waals surface area contributed by atoms with Crippen LogP contribution in [-0.4, -0.2) is 63.4 Å². The molecule has 0 radical (unpaired) electrons. The van der Waals surface area contributed by atoms with Gasteiger partial charge in [-0.15, -0.1) is 0 Å². The van der Waals surface area contributed by atoms with Crippen molar-refractivity contribution in [2.75, 3.05) is 39.9 Å². The van der Waals surface area contributed by atoms with E-state index < -0.39 is 21.3 Å². The second-order valence-electron chi connectivity index (χ2n) is 6.69. The Hall–Kier alpha value is -1.51. The van der Waals surface area contributed by atoms with Crippen molar-refractivity contribution in [3.63, 3.8) is 0 Å². The highest BCUT2D eigenvalue weighted by Gasteiger charge is 2.51. The number of halogens is 1. The van der Waals surface area contributed by atoms with Crippen molar-refractivity contribution >= 4 is 15.9 Å². The van der Waals surface area contributed by atoms with Crippen LogP contribution in [0.2, 0.25) is 0 Å². The number of hydrogen-bond acceptors (Lipinski definition) is 4. The fourth-order valence-electron chi connectivity index (χ4n) is 3.78. The number of benzene rings is 1. The zero-order chi connectivity index (χ0) is 18.1. The number of likely N-dealkylation sites (tertiary alicyclic amines) is 1. The average Bonchev–Trinajstić information content (AvgIpc) is 3.02. The Balaban J connectivity index is 1.81. The maximum Gasteiger partial charge on any atom is 0.246 e. The molecular weight excluding hydrogens is 347 g/mol. The number of rotatable bonds is 5. The van der Waals surface area contributed by atoms with Gasteiger partial charge in [-0.05, 0) is 31.4 Å². The molecule has 1 aromatic rings.